The van der Waals surface area contributed by atoms with E-state index in [2.05, 4.69) is 78.3 Å². The van der Waals surface area contributed by atoms with Gasteiger partial charge in [-0.2, -0.15) is 0 Å². The summed E-state index contributed by atoms with van der Waals surface area (Å²) in [5.74, 6) is 0.384. The SMILES string of the molecule is Cc1cc(Br)c(C2C=Cc3ccccc32)cc1C. The van der Waals surface area contributed by atoms with Crippen LogP contribution in [0.2, 0.25) is 0 Å². The Kier molecular flexibility index (Phi) is 2.87. The molecule has 0 N–H and O–H groups in total. The van der Waals surface area contributed by atoms with Gasteiger partial charge in [0.05, 0.1) is 0 Å². The number of benzene rings is 2. The zero-order valence-electron chi connectivity index (χ0n) is 10.6. The number of fused-ring (bicyclic) bond motifs is 1. The van der Waals surface area contributed by atoms with Gasteiger partial charge in [-0.05, 0) is 47.7 Å². The van der Waals surface area contributed by atoms with Gasteiger partial charge in [-0.25, -0.2) is 0 Å². The highest BCUT2D eigenvalue weighted by Gasteiger charge is 2.20. The average Bonchev–Trinajstić information content (AvgIpc) is 2.78. The summed E-state index contributed by atoms with van der Waals surface area (Å²) in [6, 6.07) is 13.1. The van der Waals surface area contributed by atoms with Crippen molar-refractivity contribution >= 4 is 22.0 Å². The summed E-state index contributed by atoms with van der Waals surface area (Å²) in [5, 5.41) is 0. The largest absolute Gasteiger partial charge is 0.0720 e. The van der Waals surface area contributed by atoms with Crippen molar-refractivity contribution in [1.82, 2.24) is 0 Å². The molecule has 2 aromatic rings. The highest BCUT2D eigenvalue weighted by molar-refractivity contribution is 9.10. The highest BCUT2D eigenvalue weighted by Crippen LogP contribution is 2.39. The van der Waals surface area contributed by atoms with E-state index in [0.717, 1.165) is 0 Å². The first-order valence-electron chi connectivity index (χ1n) is 6.20. The maximum Gasteiger partial charge on any atom is 0.0290 e. The van der Waals surface area contributed by atoms with E-state index < -0.39 is 0 Å². The summed E-state index contributed by atoms with van der Waals surface area (Å²) in [4.78, 5) is 0. The van der Waals surface area contributed by atoms with Crippen LogP contribution in [0.1, 0.15) is 33.7 Å². The average molecular weight is 299 g/mol. The lowest BCUT2D eigenvalue weighted by Crippen LogP contribution is -1.98. The van der Waals surface area contributed by atoms with Gasteiger partial charge in [0.25, 0.3) is 0 Å². The summed E-state index contributed by atoms with van der Waals surface area (Å²) in [6.45, 7) is 4.33. The fourth-order valence-corrected chi connectivity index (χ4v) is 3.27. The predicted molar refractivity (Wildman–Crippen MR) is 80.9 cm³/mol. The van der Waals surface area contributed by atoms with Gasteiger partial charge in [0, 0.05) is 10.4 Å². The highest BCUT2D eigenvalue weighted by atomic mass is 79.9. The van der Waals surface area contributed by atoms with Gasteiger partial charge in [-0.1, -0.05) is 58.4 Å². The number of rotatable bonds is 1. The second-order valence-electron chi connectivity index (χ2n) is 4.92. The van der Waals surface area contributed by atoms with E-state index in [1.54, 1.807) is 0 Å². The molecule has 0 saturated carbocycles. The molecule has 3 rings (SSSR count). The van der Waals surface area contributed by atoms with Crippen molar-refractivity contribution in [3.05, 3.63) is 74.8 Å². The Labute approximate surface area is 116 Å². The fraction of sp³-hybridized carbons (Fsp3) is 0.176. The Morgan fingerprint density at radius 3 is 2.50 bits per heavy atom. The molecule has 0 bridgehead atoms. The zero-order valence-corrected chi connectivity index (χ0v) is 12.2. The monoisotopic (exact) mass is 298 g/mol. The first-order valence-corrected chi connectivity index (χ1v) is 7.00. The van der Waals surface area contributed by atoms with Crippen LogP contribution in [0.4, 0.5) is 0 Å². The van der Waals surface area contributed by atoms with Crippen molar-refractivity contribution in [2.24, 2.45) is 0 Å². The maximum absolute atomic E-state index is 3.71. The Morgan fingerprint density at radius 2 is 1.67 bits per heavy atom. The first kappa shape index (κ1) is 11.7. The number of hydrogen-bond donors (Lipinski definition) is 0. The lowest BCUT2D eigenvalue weighted by atomic mass is 9.91. The van der Waals surface area contributed by atoms with Gasteiger partial charge in [-0.15, -0.1) is 0 Å². The molecule has 1 aliphatic carbocycles. The second-order valence-corrected chi connectivity index (χ2v) is 5.78. The van der Waals surface area contributed by atoms with Crippen LogP contribution in [0.15, 0.2) is 46.9 Å². The fourth-order valence-electron chi connectivity index (χ4n) is 2.56. The number of aryl methyl sites for hydroxylation is 2. The van der Waals surface area contributed by atoms with E-state index in [0.29, 0.717) is 5.92 Å². The molecular formula is C17H15Br. The Morgan fingerprint density at radius 1 is 0.944 bits per heavy atom. The molecule has 1 aliphatic rings. The van der Waals surface area contributed by atoms with Crippen molar-refractivity contribution in [3.63, 3.8) is 0 Å². The van der Waals surface area contributed by atoms with Gasteiger partial charge < -0.3 is 0 Å². The lowest BCUT2D eigenvalue weighted by molar-refractivity contribution is 1.03. The van der Waals surface area contributed by atoms with E-state index in [9.17, 15) is 0 Å². The molecule has 0 nitrogen and oxygen atoms in total. The molecule has 1 unspecified atom stereocenters. The van der Waals surface area contributed by atoms with Gasteiger partial charge in [0.1, 0.15) is 0 Å². The summed E-state index contributed by atoms with van der Waals surface area (Å²) in [7, 11) is 0. The molecule has 2 aromatic carbocycles. The molecule has 0 radical (unpaired) electrons. The normalized spacial score (nSPS) is 16.9. The van der Waals surface area contributed by atoms with Crippen molar-refractivity contribution in [1.29, 1.82) is 0 Å². The smallest absolute Gasteiger partial charge is 0.0290 e. The minimum absolute atomic E-state index is 0.384. The van der Waals surface area contributed by atoms with Crippen LogP contribution in [0.5, 0.6) is 0 Å². The Hall–Kier alpha value is -1.34. The predicted octanol–water partition coefficient (Wildman–Crippen LogP) is 5.22. The van der Waals surface area contributed by atoms with Crippen LogP contribution in [-0.4, -0.2) is 0 Å². The maximum atomic E-state index is 3.71. The summed E-state index contributed by atoms with van der Waals surface area (Å²) < 4.78 is 1.21. The van der Waals surface area contributed by atoms with Crippen molar-refractivity contribution in [2.75, 3.05) is 0 Å². The zero-order chi connectivity index (χ0) is 12.7. The van der Waals surface area contributed by atoms with Crippen molar-refractivity contribution < 1.29 is 0 Å². The third-order valence-electron chi connectivity index (χ3n) is 3.75. The third kappa shape index (κ3) is 1.83. The van der Waals surface area contributed by atoms with Gasteiger partial charge in [0.2, 0.25) is 0 Å². The molecule has 1 atom stereocenters. The van der Waals surface area contributed by atoms with Crippen LogP contribution in [0, 0.1) is 13.8 Å². The molecule has 18 heavy (non-hydrogen) atoms. The van der Waals surface area contributed by atoms with E-state index in [-0.39, 0.29) is 0 Å². The van der Waals surface area contributed by atoms with Crippen LogP contribution >= 0.6 is 15.9 Å². The van der Waals surface area contributed by atoms with Gasteiger partial charge in [-0.3, -0.25) is 0 Å². The van der Waals surface area contributed by atoms with E-state index in [1.807, 2.05) is 0 Å². The molecule has 0 spiro atoms. The summed E-state index contributed by atoms with van der Waals surface area (Å²) >= 11 is 3.71. The topological polar surface area (TPSA) is 0 Å². The number of allylic oxidation sites excluding steroid dienone is 1. The standard InChI is InChI=1S/C17H15Br/c1-11-9-16(17(18)10-12(11)2)15-8-7-13-5-3-4-6-14(13)15/h3-10,15H,1-2H3. The van der Waals surface area contributed by atoms with Crippen LogP contribution < -0.4 is 0 Å². The minimum Gasteiger partial charge on any atom is -0.0720 e. The molecule has 0 heterocycles. The van der Waals surface area contributed by atoms with Crippen molar-refractivity contribution in [3.8, 4) is 0 Å². The molecule has 0 aromatic heterocycles. The third-order valence-corrected chi connectivity index (χ3v) is 4.43. The van der Waals surface area contributed by atoms with Crippen LogP contribution in [0.3, 0.4) is 0 Å². The summed E-state index contributed by atoms with van der Waals surface area (Å²) in [5.41, 5.74) is 6.79. The lowest BCUT2D eigenvalue weighted by Gasteiger charge is -2.15. The van der Waals surface area contributed by atoms with Crippen LogP contribution in [0.25, 0.3) is 6.08 Å². The minimum atomic E-state index is 0.384. The number of halogens is 1. The van der Waals surface area contributed by atoms with Gasteiger partial charge in [0.15, 0.2) is 0 Å². The Balaban J connectivity index is 2.13. The molecule has 0 amide bonds. The van der Waals surface area contributed by atoms with Crippen LogP contribution in [-0.2, 0) is 0 Å². The molecule has 1 heteroatoms. The molecule has 0 fully saturated rings. The van der Waals surface area contributed by atoms with E-state index in [1.165, 1.54) is 32.3 Å². The van der Waals surface area contributed by atoms with E-state index in [4.69, 9.17) is 0 Å². The summed E-state index contributed by atoms with van der Waals surface area (Å²) in [6.07, 6.45) is 4.52. The molecular weight excluding hydrogens is 284 g/mol. The Bertz CT molecular complexity index is 638. The molecule has 90 valence electrons. The second kappa shape index (κ2) is 4.40. The first-order chi connectivity index (χ1) is 8.66. The van der Waals surface area contributed by atoms with E-state index >= 15 is 0 Å². The quantitative estimate of drug-likeness (QED) is 0.677. The molecule has 0 saturated heterocycles. The van der Waals surface area contributed by atoms with Gasteiger partial charge >= 0.3 is 0 Å². The number of hydrogen-bond acceptors (Lipinski definition) is 0. The van der Waals surface area contributed by atoms with Crippen molar-refractivity contribution in [2.45, 2.75) is 19.8 Å². The molecule has 0 aliphatic heterocycles.